The van der Waals surface area contributed by atoms with E-state index in [2.05, 4.69) is 4.98 Å². The first kappa shape index (κ1) is 15.5. The Morgan fingerprint density at radius 3 is 2.57 bits per heavy atom. The predicted octanol–water partition coefficient (Wildman–Crippen LogP) is 3.33. The molecule has 0 fully saturated rings. The van der Waals surface area contributed by atoms with E-state index in [9.17, 15) is 21.6 Å². The lowest BCUT2D eigenvalue weighted by atomic mass is 10.2. The molecule has 0 aliphatic rings. The molecule has 1 aromatic carbocycles. The summed E-state index contributed by atoms with van der Waals surface area (Å²) in [5.74, 6) is -0.462. The van der Waals surface area contributed by atoms with Crippen LogP contribution in [0.1, 0.15) is 11.3 Å². The number of alkyl halides is 3. The molecule has 3 aromatic rings. The fraction of sp³-hybridized carbons (Fsp3) is 0.133. The standard InChI is InChI=1S/C15H11F3N2O2S/c16-15(17,18)11-4-3-5-13(8-11)23(21,22)10-12-9-20-7-2-1-6-14(20)19-12/h1-9H,10H2. The fourth-order valence-electron chi connectivity index (χ4n) is 2.20. The van der Waals surface area contributed by atoms with Crippen LogP contribution in [-0.4, -0.2) is 17.8 Å². The van der Waals surface area contributed by atoms with Crippen LogP contribution in [0.2, 0.25) is 0 Å². The minimum absolute atomic E-state index is 0.272. The van der Waals surface area contributed by atoms with Gasteiger partial charge < -0.3 is 4.40 Å². The normalized spacial score (nSPS) is 12.7. The van der Waals surface area contributed by atoms with Gasteiger partial charge in [0.1, 0.15) is 5.65 Å². The van der Waals surface area contributed by atoms with Crippen LogP contribution >= 0.6 is 0 Å². The number of fused-ring (bicyclic) bond motifs is 1. The highest BCUT2D eigenvalue weighted by Crippen LogP contribution is 2.31. The Balaban J connectivity index is 1.95. The van der Waals surface area contributed by atoms with E-state index in [4.69, 9.17) is 0 Å². The Labute approximate surface area is 130 Å². The molecule has 0 spiro atoms. The van der Waals surface area contributed by atoms with Crippen molar-refractivity contribution in [2.75, 3.05) is 0 Å². The monoisotopic (exact) mass is 340 g/mol. The van der Waals surface area contributed by atoms with E-state index in [1.165, 1.54) is 0 Å². The van der Waals surface area contributed by atoms with Gasteiger partial charge in [0, 0.05) is 12.4 Å². The van der Waals surface area contributed by atoms with Crippen LogP contribution < -0.4 is 0 Å². The van der Waals surface area contributed by atoms with Crippen molar-refractivity contribution in [1.82, 2.24) is 9.38 Å². The van der Waals surface area contributed by atoms with Gasteiger partial charge >= 0.3 is 6.18 Å². The molecule has 0 N–H and O–H groups in total. The van der Waals surface area contributed by atoms with Crippen molar-refractivity contribution >= 4 is 15.5 Å². The number of pyridine rings is 1. The molecule has 0 aliphatic heterocycles. The topological polar surface area (TPSA) is 51.4 Å². The van der Waals surface area contributed by atoms with Crippen LogP contribution in [-0.2, 0) is 21.8 Å². The molecular formula is C15H11F3N2O2S. The van der Waals surface area contributed by atoms with Gasteiger partial charge in [-0.25, -0.2) is 13.4 Å². The largest absolute Gasteiger partial charge is 0.416 e. The van der Waals surface area contributed by atoms with E-state index in [1.807, 2.05) is 0 Å². The van der Waals surface area contributed by atoms with Crippen molar-refractivity contribution < 1.29 is 21.6 Å². The molecule has 0 aliphatic carbocycles. The maximum Gasteiger partial charge on any atom is 0.416 e. The zero-order chi connectivity index (χ0) is 16.7. The van der Waals surface area contributed by atoms with Crippen molar-refractivity contribution in [3.05, 3.63) is 66.1 Å². The second-order valence-corrected chi connectivity index (χ2v) is 6.97. The molecule has 0 atom stereocenters. The average molecular weight is 340 g/mol. The summed E-state index contributed by atoms with van der Waals surface area (Å²) in [5.41, 5.74) is -0.149. The predicted molar refractivity (Wildman–Crippen MR) is 77.5 cm³/mol. The summed E-state index contributed by atoms with van der Waals surface area (Å²) in [7, 11) is -3.92. The highest BCUT2D eigenvalue weighted by atomic mass is 32.2. The number of hydrogen-bond acceptors (Lipinski definition) is 3. The molecule has 0 unspecified atom stereocenters. The zero-order valence-corrected chi connectivity index (χ0v) is 12.5. The third-order valence-corrected chi connectivity index (χ3v) is 4.92. The van der Waals surface area contributed by atoms with Gasteiger partial charge in [0.25, 0.3) is 0 Å². The van der Waals surface area contributed by atoms with Gasteiger partial charge in [0.05, 0.1) is 21.9 Å². The smallest absolute Gasteiger partial charge is 0.307 e. The lowest BCUT2D eigenvalue weighted by Crippen LogP contribution is -2.09. The molecule has 3 rings (SSSR count). The molecule has 0 saturated heterocycles. The van der Waals surface area contributed by atoms with E-state index in [0.29, 0.717) is 11.7 Å². The molecule has 23 heavy (non-hydrogen) atoms. The van der Waals surface area contributed by atoms with Crippen LogP contribution in [0.25, 0.3) is 5.65 Å². The molecule has 0 bridgehead atoms. The molecular weight excluding hydrogens is 329 g/mol. The average Bonchev–Trinajstić information content (AvgIpc) is 2.88. The first-order chi connectivity index (χ1) is 10.8. The van der Waals surface area contributed by atoms with Crippen LogP contribution in [0.4, 0.5) is 13.2 Å². The number of sulfone groups is 1. The van der Waals surface area contributed by atoms with Crippen LogP contribution in [0, 0.1) is 0 Å². The summed E-state index contributed by atoms with van der Waals surface area (Å²) < 4.78 is 64.5. The molecule has 0 saturated carbocycles. The number of halogens is 3. The van der Waals surface area contributed by atoms with Crippen molar-refractivity contribution in [2.45, 2.75) is 16.8 Å². The number of aromatic nitrogens is 2. The van der Waals surface area contributed by atoms with Gasteiger partial charge in [-0.05, 0) is 30.3 Å². The number of nitrogens with zero attached hydrogens (tertiary/aromatic N) is 2. The summed E-state index contributed by atoms with van der Waals surface area (Å²) in [6, 6.07) is 8.95. The first-order valence-corrected chi connectivity index (χ1v) is 8.23. The molecule has 120 valence electrons. The Bertz CT molecular complexity index is 929. The number of benzene rings is 1. The highest BCUT2D eigenvalue weighted by Gasteiger charge is 2.31. The lowest BCUT2D eigenvalue weighted by molar-refractivity contribution is -0.137. The molecule has 0 radical (unpaired) electrons. The zero-order valence-electron chi connectivity index (χ0n) is 11.7. The Kier molecular flexibility index (Phi) is 3.63. The van der Waals surface area contributed by atoms with E-state index >= 15 is 0 Å². The van der Waals surface area contributed by atoms with E-state index in [0.717, 1.165) is 18.2 Å². The minimum atomic E-state index is -4.59. The van der Waals surface area contributed by atoms with Gasteiger partial charge in [0.2, 0.25) is 0 Å². The first-order valence-electron chi connectivity index (χ1n) is 6.58. The lowest BCUT2D eigenvalue weighted by Gasteiger charge is -2.08. The number of rotatable bonds is 3. The van der Waals surface area contributed by atoms with Crippen molar-refractivity contribution in [2.24, 2.45) is 0 Å². The second-order valence-electron chi connectivity index (χ2n) is 4.98. The van der Waals surface area contributed by atoms with Gasteiger partial charge in [-0.3, -0.25) is 0 Å². The third-order valence-electron chi connectivity index (χ3n) is 3.27. The fourth-order valence-corrected chi connectivity index (χ4v) is 3.49. The Hall–Kier alpha value is -2.35. The molecule has 2 aromatic heterocycles. The second kappa shape index (κ2) is 5.38. The molecule has 4 nitrogen and oxygen atoms in total. The van der Waals surface area contributed by atoms with Crippen LogP contribution in [0.15, 0.2) is 59.8 Å². The SMILES string of the molecule is O=S(=O)(Cc1cn2ccccc2n1)c1cccc(C(F)(F)F)c1. The van der Waals surface area contributed by atoms with E-state index in [-0.39, 0.29) is 10.6 Å². The highest BCUT2D eigenvalue weighted by molar-refractivity contribution is 7.90. The summed E-state index contributed by atoms with van der Waals surface area (Å²) in [4.78, 5) is 3.79. The van der Waals surface area contributed by atoms with Crippen LogP contribution in [0.3, 0.4) is 0 Å². The Morgan fingerprint density at radius 2 is 1.87 bits per heavy atom. The Morgan fingerprint density at radius 1 is 1.09 bits per heavy atom. The van der Waals surface area contributed by atoms with E-state index < -0.39 is 27.3 Å². The summed E-state index contributed by atoms with van der Waals surface area (Å²) in [5, 5.41) is 0. The van der Waals surface area contributed by atoms with Gasteiger partial charge in [-0.15, -0.1) is 0 Å². The molecule has 2 heterocycles. The van der Waals surface area contributed by atoms with Gasteiger partial charge in [-0.2, -0.15) is 13.2 Å². The summed E-state index contributed by atoms with van der Waals surface area (Å²) >= 11 is 0. The molecule has 0 amide bonds. The maximum absolute atomic E-state index is 12.7. The van der Waals surface area contributed by atoms with Gasteiger partial charge in [0.15, 0.2) is 9.84 Å². The quantitative estimate of drug-likeness (QED) is 0.735. The minimum Gasteiger partial charge on any atom is -0.307 e. The van der Waals surface area contributed by atoms with Crippen molar-refractivity contribution in [3.63, 3.8) is 0 Å². The van der Waals surface area contributed by atoms with Crippen LogP contribution in [0.5, 0.6) is 0 Å². The van der Waals surface area contributed by atoms with Crippen molar-refractivity contribution in [1.29, 1.82) is 0 Å². The molecule has 8 heteroatoms. The summed E-state index contributed by atoms with van der Waals surface area (Å²) in [6.07, 6.45) is -1.34. The van der Waals surface area contributed by atoms with Gasteiger partial charge in [-0.1, -0.05) is 12.1 Å². The third kappa shape index (κ3) is 3.21. The number of hydrogen-bond donors (Lipinski definition) is 0. The maximum atomic E-state index is 12.7. The van der Waals surface area contributed by atoms with E-state index in [1.54, 1.807) is 35.0 Å². The van der Waals surface area contributed by atoms with Crippen molar-refractivity contribution in [3.8, 4) is 0 Å². The summed E-state index contributed by atoms with van der Waals surface area (Å²) in [6.45, 7) is 0. The number of imidazole rings is 1.